The third-order valence-electron chi connectivity index (χ3n) is 5.12. The second-order valence-corrected chi connectivity index (χ2v) is 6.86. The van der Waals surface area contributed by atoms with Crippen LogP contribution in [-0.2, 0) is 4.74 Å². The molecule has 1 unspecified atom stereocenters. The van der Waals surface area contributed by atoms with Gasteiger partial charge in [-0.3, -0.25) is 0 Å². The maximum absolute atomic E-state index is 13.7. The number of nitrogens with one attached hydrogen (secondary N) is 1. The number of hydrogen-bond acceptors (Lipinski definition) is 3. The van der Waals surface area contributed by atoms with E-state index < -0.39 is 29.4 Å². The number of carbonyl (C=O) groups excluding carboxylic acids is 1. The summed E-state index contributed by atoms with van der Waals surface area (Å²) in [7, 11) is 0. The average molecular weight is 395 g/mol. The lowest BCUT2D eigenvalue weighted by molar-refractivity contribution is 0.126. The van der Waals surface area contributed by atoms with Crippen molar-refractivity contribution in [1.82, 2.24) is 5.32 Å². The molecule has 3 aromatic carbocycles. The quantitative estimate of drug-likeness (QED) is 0.667. The number of benzene rings is 3. The predicted octanol–water partition coefficient (Wildman–Crippen LogP) is 4.54. The minimum absolute atomic E-state index is 0.0953. The summed E-state index contributed by atoms with van der Waals surface area (Å²) in [6, 6.07) is 19.2. The first-order chi connectivity index (χ1) is 14.1. The van der Waals surface area contributed by atoms with Crippen LogP contribution in [0.5, 0.6) is 0 Å². The van der Waals surface area contributed by atoms with Crippen LogP contribution in [-0.4, -0.2) is 24.4 Å². The van der Waals surface area contributed by atoms with E-state index >= 15 is 0 Å². The monoisotopic (exact) mass is 395 g/mol. The smallest absolute Gasteiger partial charge is 0.407 e. The summed E-state index contributed by atoms with van der Waals surface area (Å²) in [6.07, 6.45) is -2.28. The molecule has 0 saturated carbocycles. The molecular weight excluding hydrogens is 376 g/mol. The number of aliphatic hydroxyl groups excluding tert-OH is 1. The Kier molecular flexibility index (Phi) is 5.27. The van der Waals surface area contributed by atoms with E-state index in [0.29, 0.717) is 0 Å². The van der Waals surface area contributed by atoms with Crippen LogP contribution in [0.3, 0.4) is 0 Å². The van der Waals surface area contributed by atoms with Gasteiger partial charge in [0, 0.05) is 5.92 Å². The first kappa shape index (κ1) is 19.1. The summed E-state index contributed by atoms with van der Waals surface area (Å²) in [5.74, 6) is -1.83. The van der Waals surface area contributed by atoms with Crippen molar-refractivity contribution in [3.05, 3.63) is 95.1 Å². The van der Waals surface area contributed by atoms with Gasteiger partial charge in [-0.25, -0.2) is 13.6 Å². The van der Waals surface area contributed by atoms with Crippen LogP contribution >= 0.6 is 0 Å². The summed E-state index contributed by atoms with van der Waals surface area (Å²) in [6.45, 7) is -0.251. The van der Waals surface area contributed by atoms with E-state index in [1.807, 2.05) is 48.5 Å². The Morgan fingerprint density at radius 1 is 0.931 bits per heavy atom. The topological polar surface area (TPSA) is 58.6 Å². The Bertz CT molecular complexity index is 988. The van der Waals surface area contributed by atoms with E-state index in [2.05, 4.69) is 5.32 Å². The van der Waals surface area contributed by atoms with Crippen molar-refractivity contribution in [1.29, 1.82) is 0 Å². The van der Waals surface area contributed by atoms with Gasteiger partial charge in [0.25, 0.3) is 0 Å². The molecule has 3 aromatic rings. The van der Waals surface area contributed by atoms with Gasteiger partial charge in [-0.2, -0.15) is 0 Å². The van der Waals surface area contributed by atoms with Gasteiger partial charge in [0.05, 0.1) is 12.1 Å². The summed E-state index contributed by atoms with van der Waals surface area (Å²) < 4.78 is 32.8. The molecular formula is C23H19F2NO3. The van der Waals surface area contributed by atoms with Crippen molar-refractivity contribution >= 4 is 6.09 Å². The molecule has 2 N–H and O–H groups in total. The first-order valence-corrected chi connectivity index (χ1v) is 9.27. The molecule has 0 heterocycles. The molecule has 29 heavy (non-hydrogen) atoms. The van der Waals surface area contributed by atoms with Crippen LogP contribution in [0.1, 0.15) is 28.7 Å². The second-order valence-electron chi connectivity index (χ2n) is 6.86. The fourth-order valence-corrected chi connectivity index (χ4v) is 3.76. The highest BCUT2D eigenvalue weighted by Gasteiger charge is 2.29. The van der Waals surface area contributed by atoms with Gasteiger partial charge in [0.2, 0.25) is 0 Å². The van der Waals surface area contributed by atoms with E-state index in [-0.39, 0.29) is 19.1 Å². The molecule has 0 aromatic heterocycles. The van der Waals surface area contributed by atoms with Gasteiger partial charge in [0.15, 0.2) is 0 Å². The second kappa shape index (κ2) is 8.01. The number of alkyl carbamates (subject to hydrolysis) is 1. The Morgan fingerprint density at radius 3 is 2.07 bits per heavy atom. The van der Waals surface area contributed by atoms with Crippen LogP contribution in [0, 0.1) is 11.6 Å². The summed E-state index contributed by atoms with van der Waals surface area (Å²) in [5.41, 5.74) is 3.90. The van der Waals surface area contributed by atoms with Gasteiger partial charge in [-0.05, 0) is 34.4 Å². The molecule has 6 heteroatoms. The zero-order chi connectivity index (χ0) is 20.4. The van der Waals surface area contributed by atoms with Gasteiger partial charge in [-0.15, -0.1) is 0 Å². The minimum Gasteiger partial charge on any atom is -0.449 e. The molecule has 4 nitrogen and oxygen atoms in total. The maximum atomic E-state index is 13.7. The molecule has 1 atom stereocenters. The number of ether oxygens (including phenoxy) is 1. The number of rotatable bonds is 5. The lowest BCUT2D eigenvalue weighted by atomic mass is 9.98. The predicted molar refractivity (Wildman–Crippen MR) is 104 cm³/mol. The molecule has 1 amide bonds. The van der Waals surface area contributed by atoms with E-state index in [9.17, 15) is 18.7 Å². The van der Waals surface area contributed by atoms with Crippen LogP contribution < -0.4 is 5.32 Å². The standard InChI is InChI=1S/C23H19F2NO3/c24-19-10-5-11-20(25)22(19)21(27)12-26-23(28)29-13-18-16-8-3-1-6-14(16)15-7-2-4-9-17(15)18/h1-11,18,21,27H,12-13H2,(H,26,28). The van der Waals surface area contributed by atoms with Crippen molar-refractivity contribution in [2.24, 2.45) is 0 Å². The molecule has 0 fully saturated rings. The van der Waals surface area contributed by atoms with Crippen molar-refractivity contribution in [3.63, 3.8) is 0 Å². The van der Waals surface area contributed by atoms with Gasteiger partial charge in [-0.1, -0.05) is 54.6 Å². The molecule has 0 saturated heterocycles. The Balaban J connectivity index is 1.39. The largest absolute Gasteiger partial charge is 0.449 e. The van der Waals surface area contributed by atoms with E-state index in [0.717, 1.165) is 34.4 Å². The van der Waals surface area contributed by atoms with Crippen molar-refractivity contribution in [2.75, 3.05) is 13.2 Å². The highest BCUT2D eigenvalue weighted by atomic mass is 19.1. The zero-order valence-corrected chi connectivity index (χ0v) is 15.4. The third-order valence-corrected chi connectivity index (χ3v) is 5.12. The normalized spacial score (nSPS) is 13.5. The average Bonchev–Trinajstić information content (AvgIpc) is 3.04. The van der Waals surface area contributed by atoms with Crippen LogP contribution in [0.15, 0.2) is 66.7 Å². The van der Waals surface area contributed by atoms with E-state index in [1.165, 1.54) is 6.07 Å². The molecule has 1 aliphatic carbocycles. The van der Waals surface area contributed by atoms with Crippen LogP contribution in [0.25, 0.3) is 11.1 Å². The summed E-state index contributed by atoms with van der Waals surface area (Å²) in [5, 5.41) is 12.4. The lowest BCUT2D eigenvalue weighted by Crippen LogP contribution is -2.30. The fourth-order valence-electron chi connectivity index (χ4n) is 3.76. The Labute approximate surface area is 166 Å². The first-order valence-electron chi connectivity index (χ1n) is 9.27. The van der Waals surface area contributed by atoms with Crippen molar-refractivity contribution in [2.45, 2.75) is 12.0 Å². The summed E-state index contributed by atoms with van der Waals surface area (Å²) in [4.78, 5) is 12.1. The molecule has 0 spiro atoms. The number of amides is 1. The molecule has 4 rings (SSSR count). The SMILES string of the molecule is O=C(NCC(O)c1c(F)cccc1F)OCC1c2ccccc2-c2ccccc21. The fraction of sp³-hybridized carbons (Fsp3) is 0.174. The van der Waals surface area contributed by atoms with Crippen LogP contribution in [0.4, 0.5) is 13.6 Å². The number of carbonyl (C=O) groups is 1. The molecule has 0 bridgehead atoms. The number of aliphatic hydroxyl groups is 1. The van der Waals surface area contributed by atoms with E-state index in [1.54, 1.807) is 0 Å². The molecule has 148 valence electrons. The van der Waals surface area contributed by atoms with Crippen molar-refractivity contribution < 1.29 is 23.4 Å². The third kappa shape index (κ3) is 3.71. The number of fused-ring (bicyclic) bond motifs is 3. The van der Waals surface area contributed by atoms with Gasteiger partial charge >= 0.3 is 6.09 Å². The molecule has 0 radical (unpaired) electrons. The Morgan fingerprint density at radius 2 is 1.48 bits per heavy atom. The molecule has 0 aliphatic heterocycles. The molecule has 1 aliphatic rings. The lowest BCUT2D eigenvalue weighted by Gasteiger charge is -2.16. The summed E-state index contributed by atoms with van der Waals surface area (Å²) >= 11 is 0. The van der Waals surface area contributed by atoms with E-state index in [4.69, 9.17) is 4.74 Å². The van der Waals surface area contributed by atoms with Crippen LogP contribution in [0.2, 0.25) is 0 Å². The maximum Gasteiger partial charge on any atom is 0.407 e. The highest BCUT2D eigenvalue weighted by molar-refractivity contribution is 5.79. The minimum atomic E-state index is -1.52. The van der Waals surface area contributed by atoms with Crippen molar-refractivity contribution in [3.8, 4) is 11.1 Å². The van der Waals surface area contributed by atoms with Gasteiger partial charge in [0.1, 0.15) is 24.3 Å². The van der Waals surface area contributed by atoms with Gasteiger partial charge < -0.3 is 15.2 Å². The zero-order valence-electron chi connectivity index (χ0n) is 15.4. The Hall–Kier alpha value is -3.25. The number of halogens is 2. The highest BCUT2D eigenvalue weighted by Crippen LogP contribution is 2.44. The number of hydrogen-bond donors (Lipinski definition) is 2.